The Hall–Kier alpha value is -2.53. The monoisotopic (exact) mass is 300 g/mol. The maximum atomic E-state index is 12.3. The highest BCUT2D eigenvalue weighted by molar-refractivity contribution is 6.05. The van der Waals surface area contributed by atoms with E-state index in [0.29, 0.717) is 11.3 Å². The van der Waals surface area contributed by atoms with Crippen molar-refractivity contribution in [2.75, 3.05) is 24.3 Å². The maximum absolute atomic E-state index is 12.3. The van der Waals surface area contributed by atoms with Crippen molar-refractivity contribution in [1.29, 1.82) is 0 Å². The van der Waals surface area contributed by atoms with Crippen LogP contribution in [0.25, 0.3) is 0 Å². The fourth-order valence-electron chi connectivity index (χ4n) is 2.09. The molecule has 0 aliphatic rings. The molecule has 3 N–H and O–H groups in total. The molecule has 2 rings (SSSR count). The van der Waals surface area contributed by atoms with Crippen molar-refractivity contribution in [1.82, 2.24) is 0 Å². The maximum Gasteiger partial charge on any atom is 0.255 e. The van der Waals surface area contributed by atoms with Crippen LogP contribution in [0.4, 0.5) is 11.4 Å². The summed E-state index contributed by atoms with van der Waals surface area (Å²) in [6, 6.07) is 12.3. The highest BCUT2D eigenvalue weighted by Gasteiger charge is 2.09. The molecule has 0 aliphatic carbocycles. The van der Waals surface area contributed by atoms with Gasteiger partial charge in [-0.1, -0.05) is 6.07 Å². The summed E-state index contributed by atoms with van der Waals surface area (Å²) in [6.07, 6.45) is 0. The summed E-state index contributed by atoms with van der Waals surface area (Å²) in [6.45, 7) is 2.62. The van der Waals surface area contributed by atoms with Crippen LogP contribution in [0, 0.1) is 0 Å². The number of carbonyl (C=O) groups is 1. The number of aliphatic hydroxyl groups excluding tert-OH is 1. The first kappa shape index (κ1) is 15.9. The van der Waals surface area contributed by atoms with Crippen molar-refractivity contribution < 1.29 is 14.6 Å². The molecule has 0 spiro atoms. The molecule has 0 fully saturated rings. The van der Waals surface area contributed by atoms with Crippen molar-refractivity contribution in [3.63, 3.8) is 0 Å². The van der Waals surface area contributed by atoms with Gasteiger partial charge in [0, 0.05) is 29.0 Å². The van der Waals surface area contributed by atoms with Gasteiger partial charge in [0.15, 0.2) is 0 Å². The molecule has 0 aliphatic heterocycles. The highest BCUT2D eigenvalue weighted by Crippen LogP contribution is 2.20. The lowest BCUT2D eigenvalue weighted by Gasteiger charge is -2.12. The van der Waals surface area contributed by atoms with Crippen LogP contribution in [0.5, 0.6) is 5.75 Å². The van der Waals surface area contributed by atoms with E-state index >= 15 is 0 Å². The highest BCUT2D eigenvalue weighted by atomic mass is 16.5. The molecule has 0 unspecified atom stereocenters. The van der Waals surface area contributed by atoms with Crippen LogP contribution in [0.3, 0.4) is 0 Å². The molecule has 5 heteroatoms. The van der Waals surface area contributed by atoms with Gasteiger partial charge in [0.05, 0.1) is 13.7 Å². The lowest BCUT2D eigenvalue weighted by atomic mass is 10.1. The summed E-state index contributed by atoms with van der Waals surface area (Å²) in [5.41, 5.74) is 2.77. The van der Waals surface area contributed by atoms with E-state index < -0.39 is 0 Å². The minimum Gasteiger partial charge on any atom is -0.497 e. The first-order valence-corrected chi connectivity index (χ1v) is 7.11. The standard InChI is InChI=1S/C17H20N2O3/c1-3-18-16-10-12(4-5-13(16)11-20)17(21)19-14-6-8-15(22-2)9-7-14/h4-10,18,20H,3,11H2,1-2H3,(H,19,21). The Morgan fingerprint density at radius 1 is 1.18 bits per heavy atom. The Balaban J connectivity index is 2.15. The summed E-state index contributed by atoms with van der Waals surface area (Å²) in [5.74, 6) is 0.536. The van der Waals surface area contributed by atoms with Gasteiger partial charge in [-0.3, -0.25) is 4.79 Å². The van der Waals surface area contributed by atoms with Crippen LogP contribution in [-0.4, -0.2) is 24.7 Å². The van der Waals surface area contributed by atoms with Crippen LogP contribution >= 0.6 is 0 Å². The van der Waals surface area contributed by atoms with Crippen LogP contribution in [-0.2, 0) is 6.61 Å². The average Bonchev–Trinajstić information content (AvgIpc) is 2.55. The third kappa shape index (κ3) is 3.77. The summed E-state index contributed by atoms with van der Waals surface area (Å²) < 4.78 is 5.08. The van der Waals surface area contributed by atoms with E-state index in [0.717, 1.165) is 23.5 Å². The van der Waals surface area contributed by atoms with Gasteiger partial charge in [-0.15, -0.1) is 0 Å². The Labute approximate surface area is 129 Å². The molecule has 1 amide bonds. The van der Waals surface area contributed by atoms with E-state index in [1.807, 2.05) is 6.92 Å². The van der Waals surface area contributed by atoms with E-state index in [1.165, 1.54) is 0 Å². The number of benzene rings is 2. The summed E-state index contributed by atoms with van der Waals surface area (Å²) in [7, 11) is 1.60. The van der Waals surface area contributed by atoms with Gasteiger partial charge in [0.25, 0.3) is 5.91 Å². The summed E-state index contributed by atoms with van der Waals surface area (Å²) in [5, 5.41) is 15.3. The average molecular weight is 300 g/mol. The van der Waals surface area contributed by atoms with Gasteiger partial charge in [-0.2, -0.15) is 0 Å². The Morgan fingerprint density at radius 3 is 2.50 bits per heavy atom. The number of hydrogen-bond acceptors (Lipinski definition) is 4. The van der Waals surface area contributed by atoms with Gasteiger partial charge in [0.2, 0.25) is 0 Å². The van der Waals surface area contributed by atoms with Crippen LogP contribution in [0.15, 0.2) is 42.5 Å². The zero-order valence-electron chi connectivity index (χ0n) is 12.7. The van der Waals surface area contributed by atoms with E-state index in [1.54, 1.807) is 49.6 Å². The molecule has 0 saturated carbocycles. The van der Waals surface area contributed by atoms with Crippen LogP contribution < -0.4 is 15.4 Å². The van der Waals surface area contributed by atoms with Gasteiger partial charge < -0.3 is 20.5 Å². The van der Waals surface area contributed by atoms with Gasteiger partial charge in [0.1, 0.15) is 5.75 Å². The largest absolute Gasteiger partial charge is 0.497 e. The van der Waals surface area contributed by atoms with E-state index in [-0.39, 0.29) is 12.5 Å². The lowest BCUT2D eigenvalue weighted by Crippen LogP contribution is -2.13. The number of methoxy groups -OCH3 is 1. The van der Waals surface area contributed by atoms with Crippen molar-refractivity contribution >= 4 is 17.3 Å². The van der Waals surface area contributed by atoms with E-state index in [4.69, 9.17) is 4.74 Å². The van der Waals surface area contributed by atoms with Crippen LogP contribution in [0.1, 0.15) is 22.8 Å². The number of hydrogen-bond donors (Lipinski definition) is 3. The predicted molar refractivity (Wildman–Crippen MR) is 87.5 cm³/mol. The quantitative estimate of drug-likeness (QED) is 0.767. The molecular weight excluding hydrogens is 280 g/mol. The van der Waals surface area contributed by atoms with E-state index in [2.05, 4.69) is 10.6 Å². The lowest BCUT2D eigenvalue weighted by molar-refractivity contribution is 0.102. The number of nitrogens with one attached hydrogen (secondary N) is 2. The summed E-state index contributed by atoms with van der Waals surface area (Å²) in [4.78, 5) is 12.3. The molecule has 0 atom stereocenters. The van der Waals surface area contributed by atoms with E-state index in [9.17, 15) is 9.90 Å². The first-order chi connectivity index (χ1) is 10.7. The molecule has 0 radical (unpaired) electrons. The fourth-order valence-corrected chi connectivity index (χ4v) is 2.09. The predicted octanol–water partition coefficient (Wildman–Crippen LogP) is 2.87. The minimum absolute atomic E-state index is 0.0668. The van der Waals surface area contributed by atoms with Gasteiger partial charge in [-0.25, -0.2) is 0 Å². The third-order valence-electron chi connectivity index (χ3n) is 3.26. The van der Waals surface area contributed by atoms with Crippen molar-refractivity contribution in [2.24, 2.45) is 0 Å². The topological polar surface area (TPSA) is 70.6 Å². The molecule has 2 aromatic carbocycles. The second kappa shape index (κ2) is 7.47. The zero-order valence-corrected chi connectivity index (χ0v) is 12.7. The van der Waals surface area contributed by atoms with Gasteiger partial charge >= 0.3 is 0 Å². The van der Waals surface area contributed by atoms with Crippen molar-refractivity contribution in [3.8, 4) is 5.75 Å². The molecule has 0 aromatic heterocycles. The number of anilines is 2. The zero-order chi connectivity index (χ0) is 15.9. The third-order valence-corrected chi connectivity index (χ3v) is 3.26. The van der Waals surface area contributed by atoms with Crippen LogP contribution in [0.2, 0.25) is 0 Å². The molecule has 0 bridgehead atoms. The Morgan fingerprint density at radius 2 is 1.91 bits per heavy atom. The minimum atomic E-state index is -0.200. The number of amides is 1. The second-order valence-electron chi connectivity index (χ2n) is 4.74. The van der Waals surface area contributed by atoms with Crippen molar-refractivity contribution in [2.45, 2.75) is 13.5 Å². The normalized spacial score (nSPS) is 10.1. The Kier molecular flexibility index (Phi) is 5.38. The number of rotatable bonds is 6. The molecular formula is C17H20N2O3. The molecule has 116 valence electrons. The molecule has 22 heavy (non-hydrogen) atoms. The molecule has 2 aromatic rings. The second-order valence-corrected chi connectivity index (χ2v) is 4.74. The fraction of sp³-hybridized carbons (Fsp3) is 0.235. The van der Waals surface area contributed by atoms with Crippen molar-refractivity contribution in [3.05, 3.63) is 53.6 Å². The molecule has 0 heterocycles. The van der Waals surface area contributed by atoms with Gasteiger partial charge in [-0.05, 0) is 43.3 Å². The summed E-state index contributed by atoms with van der Waals surface area (Å²) >= 11 is 0. The Bertz CT molecular complexity index is 639. The number of carbonyl (C=O) groups excluding carboxylic acids is 1. The number of ether oxygens (including phenoxy) is 1. The number of aliphatic hydroxyl groups is 1. The molecule has 5 nitrogen and oxygen atoms in total. The SMILES string of the molecule is CCNc1cc(C(=O)Nc2ccc(OC)cc2)ccc1CO. The molecule has 0 saturated heterocycles. The first-order valence-electron chi connectivity index (χ1n) is 7.11. The smallest absolute Gasteiger partial charge is 0.255 e.